The first-order valence-electron chi connectivity index (χ1n) is 5.80. The van der Waals surface area contributed by atoms with Crippen LogP contribution in [-0.4, -0.2) is 20.2 Å². The molecule has 0 radical (unpaired) electrons. The van der Waals surface area contributed by atoms with Gasteiger partial charge in [0, 0.05) is 18.0 Å². The second-order valence-corrected chi connectivity index (χ2v) is 4.26. The quantitative estimate of drug-likeness (QED) is 0.757. The third kappa shape index (κ3) is 3.93. The second kappa shape index (κ2) is 6.71. The molecule has 0 fully saturated rings. The Morgan fingerprint density at radius 3 is 2.84 bits per heavy atom. The van der Waals surface area contributed by atoms with E-state index in [9.17, 15) is 0 Å². The van der Waals surface area contributed by atoms with Gasteiger partial charge in [0.1, 0.15) is 12.4 Å². The summed E-state index contributed by atoms with van der Waals surface area (Å²) >= 11 is 5.79. The van der Waals surface area contributed by atoms with Crippen molar-refractivity contribution in [3.63, 3.8) is 0 Å². The first-order valence-corrected chi connectivity index (χ1v) is 6.18. The van der Waals surface area contributed by atoms with E-state index in [1.54, 1.807) is 28.9 Å². The molecule has 0 aliphatic rings. The van der Waals surface area contributed by atoms with E-state index in [1.165, 1.54) is 0 Å². The van der Waals surface area contributed by atoms with Gasteiger partial charge in [-0.3, -0.25) is 0 Å². The Labute approximate surface area is 115 Å². The molecule has 0 N–H and O–H groups in total. The minimum atomic E-state index is 0.279. The number of nitrogens with zero attached hydrogens (tertiary/aromatic N) is 5. The largest absolute Gasteiger partial charge is 0.486 e. The summed E-state index contributed by atoms with van der Waals surface area (Å²) in [5.74, 6) is 1.34. The van der Waals surface area contributed by atoms with E-state index in [-0.39, 0.29) is 6.61 Å². The van der Waals surface area contributed by atoms with Gasteiger partial charge in [-0.15, -0.1) is 5.10 Å². The fraction of sp³-hybridized carbons (Fsp3) is 0.333. The van der Waals surface area contributed by atoms with Gasteiger partial charge in [-0.1, -0.05) is 11.6 Å². The molecule has 2 aromatic rings. The number of nitriles is 1. The Hall–Kier alpha value is -2.13. The van der Waals surface area contributed by atoms with Crippen molar-refractivity contribution in [1.29, 1.82) is 5.26 Å². The van der Waals surface area contributed by atoms with Crippen LogP contribution in [0.3, 0.4) is 0 Å². The topological polar surface area (TPSA) is 76.6 Å². The SMILES string of the molecule is N#CCCCn1nnnc1COc1ccc(Cl)cc1. The molecule has 1 heterocycles. The summed E-state index contributed by atoms with van der Waals surface area (Å²) in [6, 6.07) is 9.17. The maximum Gasteiger partial charge on any atom is 0.189 e. The minimum absolute atomic E-state index is 0.279. The summed E-state index contributed by atoms with van der Waals surface area (Å²) in [4.78, 5) is 0. The molecule has 0 saturated carbocycles. The van der Waals surface area contributed by atoms with E-state index in [0.717, 1.165) is 6.42 Å². The Bertz CT molecular complexity index is 560. The summed E-state index contributed by atoms with van der Waals surface area (Å²) in [5.41, 5.74) is 0. The molecule has 7 heteroatoms. The van der Waals surface area contributed by atoms with Crippen LogP contribution in [0, 0.1) is 11.3 Å². The molecule has 0 saturated heterocycles. The average Bonchev–Trinajstić information content (AvgIpc) is 2.86. The number of aromatic nitrogens is 4. The van der Waals surface area contributed by atoms with E-state index in [1.807, 2.05) is 0 Å². The van der Waals surface area contributed by atoms with Crippen molar-refractivity contribution in [3.8, 4) is 11.8 Å². The van der Waals surface area contributed by atoms with Crippen molar-refractivity contribution in [2.75, 3.05) is 0 Å². The maximum atomic E-state index is 8.49. The van der Waals surface area contributed by atoms with Crippen LogP contribution in [0.4, 0.5) is 0 Å². The number of halogens is 1. The summed E-state index contributed by atoms with van der Waals surface area (Å²) in [7, 11) is 0. The van der Waals surface area contributed by atoms with Crippen LogP contribution in [-0.2, 0) is 13.2 Å². The first-order chi connectivity index (χ1) is 9.29. The summed E-state index contributed by atoms with van der Waals surface area (Å²) < 4.78 is 7.21. The van der Waals surface area contributed by atoms with Crippen molar-refractivity contribution >= 4 is 11.6 Å². The highest BCUT2D eigenvalue weighted by atomic mass is 35.5. The monoisotopic (exact) mass is 277 g/mol. The van der Waals surface area contributed by atoms with Gasteiger partial charge in [0.05, 0.1) is 6.07 Å². The fourth-order valence-corrected chi connectivity index (χ4v) is 1.61. The standard InChI is InChI=1S/C12H12ClN5O/c13-10-3-5-11(6-4-10)19-9-12-15-16-17-18(12)8-2-1-7-14/h3-6H,1-2,8-9H2. The lowest BCUT2D eigenvalue weighted by molar-refractivity contribution is 0.286. The summed E-state index contributed by atoms with van der Waals surface area (Å²) in [6.07, 6.45) is 1.20. The van der Waals surface area contributed by atoms with E-state index >= 15 is 0 Å². The normalized spacial score (nSPS) is 10.1. The van der Waals surface area contributed by atoms with Crippen LogP contribution in [0.25, 0.3) is 0 Å². The highest BCUT2D eigenvalue weighted by molar-refractivity contribution is 6.30. The van der Waals surface area contributed by atoms with Gasteiger partial charge < -0.3 is 4.74 Å². The van der Waals surface area contributed by atoms with Gasteiger partial charge in [-0.25, -0.2) is 4.68 Å². The summed E-state index contributed by atoms with van der Waals surface area (Å²) in [5, 5.41) is 20.5. The highest BCUT2D eigenvalue weighted by Crippen LogP contribution is 2.16. The van der Waals surface area contributed by atoms with Crippen molar-refractivity contribution in [2.24, 2.45) is 0 Å². The molecule has 6 nitrogen and oxygen atoms in total. The first kappa shape index (κ1) is 13.3. The van der Waals surface area contributed by atoms with Gasteiger partial charge in [0.25, 0.3) is 0 Å². The average molecular weight is 278 g/mol. The van der Waals surface area contributed by atoms with Gasteiger partial charge >= 0.3 is 0 Å². The Morgan fingerprint density at radius 2 is 2.11 bits per heavy atom. The fourth-order valence-electron chi connectivity index (χ4n) is 1.49. The number of aryl methyl sites for hydroxylation is 1. The molecule has 0 aliphatic carbocycles. The number of hydrogen-bond donors (Lipinski definition) is 0. The number of ether oxygens (including phenoxy) is 1. The maximum absolute atomic E-state index is 8.49. The lowest BCUT2D eigenvalue weighted by atomic mass is 10.3. The zero-order valence-corrected chi connectivity index (χ0v) is 10.9. The second-order valence-electron chi connectivity index (χ2n) is 3.82. The van der Waals surface area contributed by atoms with Crippen molar-refractivity contribution in [1.82, 2.24) is 20.2 Å². The third-order valence-electron chi connectivity index (χ3n) is 2.45. The Morgan fingerprint density at radius 1 is 1.32 bits per heavy atom. The molecule has 0 aliphatic heterocycles. The molecule has 0 atom stereocenters. The van der Waals surface area contributed by atoms with Crippen LogP contribution in [0.1, 0.15) is 18.7 Å². The number of benzene rings is 1. The smallest absolute Gasteiger partial charge is 0.189 e. The Kier molecular flexibility index (Phi) is 4.70. The van der Waals surface area contributed by atoms with Crippen LogP contribution in [0.5, 0.6) is 5.75 Å². The van der Waals surface area contributed by atoms with Crippen LogP contribution in [0.15, 0.2) is 24.3 Å². The molecule has 0 bridgehead atoms. The van der Waals surface area contributed by atoms with Gasteiger partial charge in [-0.05, 0) is 41.1 Å². The molecule has 1 aromatic carbocycles. The predicted molar refractivity (Wildman–Crippen MR) is 68.4 cm³/mol. The minimum Gasteiger partial charge on any atom is -0.486 e. The van der Waals surface area contributed by atoms with E-state index in [0.29, 0.717) is 29.6 Å². The van der Waals surface area contributed by atoms with Crippen molar-refractivity contribution in [3.05, 3.63) is 35.1 Å². The van der Waals surface area contributed by atoms with Crippen LogP contribution < -0.4 is 4.74 Å². The molecular formula is C12H12ClN5O. The third-order valence-corrected chi connectivity index (χ3v) is 2.70. The molecule has 0 unspecified atom stereocenters. The molecule has 2 rings (SSSR count). The van der Waals surface area contributed by atoms with Gasteiger partial charge in [-0.2, -0.15) is 5.26 Å². The predicted octanol–water partition coefficient (Wildman–Crippen LogP) is 2.21. The van der Waals surface area contributed by atoms with Crippen molar-refractivity contribution < 1.29 is 4.74 Å². The Balaban J connectivity index is 1.91. The lowest BCUT2D eigenvalue weighted by Crippen LogP contribution is -2.09. The molecule has 98 valence electrons. The van der Waals surface area contributed by atoms with E-state index in [4.69, 9.17) is 21.6 Å². The molecular weight excluding hydrogens is 266 g/mol. The van der Waals surface area contributed by atoms with Crippen LogP contribution >= 0.6 is 11.6 Å². The van der Waals surface area contributed by atoms with Gasteiger partial charge in [0.2, 0.25) is 0 Å². The van der Waals surface area contributed by atoms with E-state index < -0.39 is 0 Å². The van der Waals surface area contributed by atoms with Crippen molar-refractivity contribution in [2.45, 2.75) is 26.0 Å². The lowest BCUT2D eigenvalue weighted by Gasteiger charge is -2.06. The zero-order chi connectivity index (χ0) is 13.5. The van der Waals surface area contributed by atoms with Crippen LogP contribution in [0.2, 0.25) is 5.02 Å². The summed E-state index contributed by atoms with van der Waals surface area (Å²) in [6.45, 7) is 0.890. The number of tetrazole rings is 1. The molecule has 19 heavy (non-hydrogen) atoms. The zero-order valence-electron chi connectivity index (χ0n) is 10.2. The molecule has 0 spiro atoms. The molecule has 0 amide bonds. The number of hydrogen-bond acceptors (Lipinski definition) is 5. The van der Waals surface area contributed by atoms with Gasteiger partial charge in [0.15, 0.2) is 5.82 Å². The molecule has 1 aromatic heterocycles. The number of rotatable bonds is 6. The number of unbranched alkanes of at least 4 members (excludes halogenated alkanes) is 1. The highest BCUT2D eigenvalue weighted by Gasteiger charge is 2.06. The van der Waals surface area contributed by atoms with E-state index in [2.05, 4.69) is 21.6 Å².